The van der Waals surface area contributed by atoms with Crippen molar-refractivity contribution in [2.45, 2.75) is 40.2 Å². The van der Waals surface area contributed by atoms with Gasteiger partial charge in [0.2, 0.25) is 0 Å². The lowest BCUT2D eigenvalue weighted by Gasteiger charge is -2.27. The van der Waals surface area contributed by atoms with Gasteiger partial charge in [-0.25, -0.2) is 9.59 Å². The van der Waals surface area contributed by atoms with Crippen molar-refractivity contribution < 1.29 is 14.7 Å². The average Bonchev–Trinajstić information content (AvgIpc) is 2.08. The predicted octanol–water partition coefficient (Wildman–Crippen LogP) is 1.19. The summed E-state index contributed by atoms with van der Waals surface area (Å²) in [6.07, 6.45) is 0.820. The Morgan fingerprint density at radius 3 is 2.20 bits per heavy atom. The van der Waals surface area contributed by atoms with Crippen molar-refractivity contribution in [2.75, 3.05) is 6.54 Å². The summed E-state index contributed by atoms with van der Waals surface area (Å²) >= 11 is 0. The van der Waals surface area contributed by atoms with E-state index in [0.29, 0.717) is 6.54 Å². The molecule has 0 rings (SSSR count). The third kappa shape index (κ3) is 5.24. The first-order chi connectivity index (χ1) is 6.79. The summed E-state index contributed by atoms with van der Waals surface area (Å²) in [4.78, 5) is 22.2. The van der Waals surface area contributed by atoms with Gasteiger partial charge in [-0.1, -0.05) is 27.7 Å². The number of carboxylic acids is 1. The normalized spacial score (nSPS) is 13.1. The maximum absolute atomic E-state index is 11.3. The molecule has 0 fully saturated rings. The van der Waals surface area contributed by atoms with E-state index in [-0.39, 0.29) is 0 Å². The fourth-order valence-corrected chi connectivity index (χ4v) is 1.07. The Kier molecular flexibility index (Phi) is 5.11. The van der Waals surface area contributed by atoms with E-state index in [1.807, 2.05) is 6.92 Å². The highest BCUT2D eigenvalue weighted by Crippen LogP contribution is 2.19. The zero-order valence-corrected chi connectivity index (χ0v) is 9.76. The number of carboxylic acid groups (broad SMARTS) is 1. The monoisotopic (exact) mass is 216 g/mol. The predicted molar refractivity (Wildman–Crippen MR) is 57.7 cm³/mol. The molecule has 3 N–H and O–H groups in total. The first-order valence-corrected chi connectivity index (χ1v) is 5.06. The summed E-state index contributed by atoms with van der Waals surface area (Å²) in [5.74, 6) is -1.02. The second kappa shape index (κ2) is 5.58. The van der Waals surface area contributed by atoms with Gasteiger partial charge in [0, 0.05) is 6.54 Å². The molecule has 5 nitrogen and oxygen atoms in total. The van der Waals surface area contributed by atoms with E-state index in [1.165, 1.54) is 0 Å². The second-order valence-corrected chi connectivity index (χ2v) is 4.54. The molecule has 0 radical (unpaired) electrons. The SMILES string of the molecule is CCCNC(=O)N[C@H](C(=O)O)C(C)(C)C. The number of hydrogen-bond donors (Lipinski definition) is 3. The Labute approximate surface area is 90.2 Å². The van der Waals surface area contributed by atoms with E-state index >= 15 is 0 Å². The molecule has 0 aromatic rings. The number of urea groups is 1. The van der Waals surface area contributed by atoms with Crippen LogP contribution in [0.2, 0.25) is 0 Å². The number of carbonyl (C=O) groups excluding carboxylic acids is 1. The van der Waals surface area contributed by atoms with Gasteiger partial charge in [0.1, 0.15) is 6.04 Å². The quantitative estimate of drug-likeness (QED) is 0.660. The van der Waals surface area contributed by atoms with Crippen molar-refractivity contribution in [1.82, 2.24) is 10.6 Å². The number of nitrogens with one attached hydrogen (secondary N) is 2. The van der Waals surface area contributed by atoms with Crippen LogP contribution in [0.5, 0.6) is 0 Å². The minimum atomic E-state index is -1.02. The summed E-state index contributed by atoms with van der Waals surface area (Å²) < 4.78 is 0. The van der Waals surface area contributed by atoms with E-state index in [0.717, 1.165) is 6.42 Å². The summed E-state index contributed by atoms with van der Waals surface area (Å²) in [5, 5.41) is 14.0. The highest BCUT2D eigenvalue weighted by atomic mass is 16.4. The summed E-state index contributed by atoms with van der Waals surface area (Å²) in [6.45, 7) is 7.78. The van der Waals surface area contributed by atoms with Crippen LogP contribution >= 0.6 is 0 Å². The van der Waals surface area contributed by atoms with E-state index in [9.17, 15) is 9.59 Å². The molecule has 5 heteroatoms. The molecule has 0 aliphatic carbocycles. The van der Waals surface area contributed by atoms with Gasteiger partial charge in [-0.05, 0) is 11.8 Å². The van der Waals surface area contributed by atoms with Gasteiger partial charge >= 0.3 is 12.0 Å². The summed E-state index contributed by atoms with van der Waals surface area (Å²) in [5.41, 5.74) is -0.505. The lowest BCUT2D eigenvalue weighted by Crippen LogP contribution is -2.52. The molecule has 0 aliphatic rings. The lowest BCUT2D eigenvalue weighted by atomic mass is 9.87. The fraction of sp³-hybridized carbons (Fsp3) is 0.800. The third-order valence-corrected chi connectivity index (χ3v) is 1.92. The van der Waals surface area contributed by atoms with Crippen LogP contribution in [0.1, 0.15) is 34.1 Å². The zero-order chi connectivity index (χ0) is 12.1. The van der Waals surface area contributed by atoms with Crippen molar-refractivity contribution in [3.63, 3.8) is 0 Å². The van der Waals surface area contributed by atoms with Crippen LogP contribution in [-0.2, 0) is 4.79 Å². The Bertz CT molecular complexity index is 233. The fourth-order valence-electron chi connectivity index (χ4n) is 1.07. The van der Waals surface area contributed by atoms with Crippen molar-refractivity contribution in [1.29, 1.82) is 0 Å². The Balaban J connectivity index is 4.31. The molecular formula is C10H20N2O3. The molecule has 0 bridgehead atoms. The molecule has 0 spiro atoms. The lowest BCUT2D eigenvalue weighted by molar-refractivity contribution is -0.141. The number of rotatable bonds is 4. The number of aliphatic carboxylic acids is 1. The van der Waals surface area contributed by atoms with Gasteiger partial charge < -0.3 is 15.7 Å². The van der Waals surface area contributed by atoms with Gasteiger partial charge in [0.05, 0.1) is 0 Å². The van der Waals surface area contributed by atoms with E-state index in [4.69, 9.17) is 5.11 Å². The molecule has 88 valence electrons. The summed E-state index contributed by atoms with van der Waals surface area (Å²) in [6, 6.07) is -1.31. The summed E-state index contributed by atoms with van der Waals surface area (Å²) in [7, 11) is 0. The van der Waals surface area contributed by atoms with Crippen LogP contribution in [0.25, 0.3) is 0 Å². The number of amides is 2. The van der Waals surface area contributed by atoms with Crippen LogP contribution in [-0.4, -0.2) is 29.7 Å². The van der Waals surface area contributed by atoms with Crippen LogP contribution in [0, 0.1) is 5.41 Å². The standard InChI is InChI=1S/C10H20N2O3/c1-5-6-11-9(15)12-7(8(13)14)10(2,3)4/h7H,5-6H2,1-4H3,(H,13,14)(H2,11,12,15)/t7-/m1/s1. The minimum absolute atomic E-state index is 0.431. The molecular weight excluding hydrogens is 196 g/mol. The van der Waals surface area contributed by atoms with Crippen LogP contribution in [0.15, 0.2) is 0 Å². The van der Waals surface area contributed by atoms with Gasteiger partial charge in [-0.2, -0.15) is 0 Å². The molecule has 0 aromatic carbocycles. The van der Waals surface area contributed by atoms with Crippen LogP contribution < -0.4 is 10.6 Å². The number of carbonyl (C=O) groups is 2. The van der Waals surface area contributed by atoms with E-state index in [2.05, 4.69) is 10.6 Å². The average molecular weight is 216 g/mol. The molecule has 0 aliphatic heterocycles. The molecule has 0 heterocycles. The van der Waals surface area contributed by atoms with Crippen molar-refractivity contribution in [2.24, 2.45) is 5.41 Å². The van der Waals surface area contributed by atoms with Gasteiger partial charge in [-0.15, -0.1) is 0 Å². The maximum Gasteiger partial charge on any atom is 0.326 e. The van der Waals surface area contributed by atoms with Crippen molar-refractivity contribution in [3.8, 4) is 0 Å². The maximum atomic E-state index is 11.3. The zero-order valence-electron chi connectivity index (χ0n) is 9.76. The first kappa shape index (κ1) is 13.7. The van der Waals surface area contributed by atoms with Crippen LogP contribution in [0.4, 0.5) is 4.79 Å². The molecule has 0 saturated carbocycles. The molecule has 0 unspecified atom stereocenters. The Hall–Kier alpha value is -1.26. The highest BCUT2D eigenvalue weighted by Gasteiger charge is 2.32. The smallest absolute Gasteiger partial charge is 0.326 e. The molecule has 2 amide bonds. The first-order valence-electron chi connectivity index (χ1n) is 5.06. The Morgan fingerprint density at radius 1 is 1.33 bits per heavy atom. The van der Waals surface area contributed by atoms with E-state index < -0.39 is 23.5 Å². The van der Waals surface area contributed by atoms with Gasteiger partial charge in [-0.3, -0.25) is 0 Å². The topological polar surface area (TPSA) is 78.4 Å². The van der Waals surface area contributed by atoms with Crippen molar-refractivity contribution in [3.05, 3.63) is 0 Å². The van der Waals surface area contributed by atoms with E-state index in [1.54, 1.807) is 20.8 Å². The van der Waals surface area contributed by atoms with Crippen molar-refractivity contribution >= 4 is 12.0 Å². The Morgan fingerprint density at radius 2 is 1.87 bits per heavy atom. The second-order valence-electron chi connectivity index (χ2n) is 4.54. The molecule has 0 aromatic heterocycles. The minimum Gasteiger partial charge on any atom is -0.480 e. The van der Waals surface area contributed by atoms with Gasteiger partial charge in [0.15, 0.2) is 0 Å². The molecule has 0 saturated heterocycles. The van der Waals surface area contributed by atoms with Crippen LogP contribution in [0.3, 0.4) is 0 Å². The molecule has 1 atom stereocenters. The highest BCUT2D eigenvalue weighted by molar-refractivity contribution is 5.83. The largest absolute Gasteiger partial charge is 0.480 e. The molecule has 15 heavy (non-hydrogen) atoms. The van der Waals surface area contributed by atoms with Gasteiger partial charge in [0.25, 0.3) is 0 Å². The number of hydrogen-bond acceptors (Lipinski definition) is 2. The third-order valence-electron chi connectivity index (χ3n) is 1.92.